The van der Waals surface area contributed by atoms with E-state index in [2.05, 4.69) is 13.2 Å². The standard InChI is InChI=1S/C34H48O6/c1-6-7-34(14-21(2)28(35)38-31(3,4)5,29(36)39-32-15-22-8-23(16-32)10-24(9-22)17-32)30(37)40-33-18-25-11-26(19-33)13-27(12-25)20-33/h6,22-27H,1-2,7-20H2,3-5H3. The van der Waals surface area contributed by atoms with Crippen molar-refractivity contribution < 1.29 is 28.6 Å². The van der Waals surface area contributed by atoms with Crippen LogP contribution < -0.4 is 0 Å². The highest BCUT2D eigenvalue weighted by atomic mass is 16.6. The SMILES string of the molecule is C=CCC(CC(=C)C(=O)OC(C)(C)C)(C(=O)OC12CC3CC(CC(C3)C1)C2)C(=O)OC12CC3CC(CC(C3)C1)C2. The molecule has 0 heterocycles. The van der Waals surface area contributed by atoms with Crippen LogP contribution in [0.2, 0.25) is 0 Å². The summed E-state index contributed by atoms with van der Waals surface area (Å²) in [4.78, 5) is 41.9. The minimum absolute atomic E-state index is 0.0330. The molecule has 0 unspecified atom stereocenters. The first-order valence-corrected chi connectivity index (χ1v) is 15.8. The molecule has 8 fully saturated rings. The van der Waals surface area contributed by atoms with Crippen molar-refractivity contribution in [3.05, 3.63) is 24.8 Å². The first kappa shape index (κ1) is 28.0. The van der Waals surface area contributed by atoms with Gasteiger partial charge >= 0.3 is 17.9 Å². The van der Waals surface area contributed by atoms with E-state index in [1.54, 1.807) is 26.8 Å². The van der Waals surface area contributed by atoms with E-state index in [-0.39, 0.29) is 18.4 Å². The molecule has 40 heavy (non-hydrogen) atoms. The number of allylic oxidation sites excluding steroid dienone is 1. The number of rotatable bonds is 9. The maximum absolute atomic E-state index is 14.4. The van der Waals surface area contributed by atoms with Gasteiger partial charge in [0.05, 0.1) is 0 Å². The number of hydrogen-bond acceptors (Lipinski definition) is 6. The van der Waals surface area contributed by atoms with Crippen LogP contribution in [0.1, 0.15) is 111 Å². The molecule has 0 aromatic heterocycles. The minimum Gasteiger partial charge on any atom is -0.458 e. The summed E-state index contributed by atoms with van der Waals surface area (Å²) in [6.07, 6.45) is 14.0. The molecule has 0 aliphatic heterocycles. The lowest BCUT2D eigenvalue weighted by molar-refractivity contribution is -0.213. The van der Waals surface area contributed by atoms with E-state index in [0.29, 0.717) is 35.5 Å². The maximum Gasteiger partial charge on any atom is 0.333 e. The van der Waals surface area contributed by atoms with E-state index >= 15 is 0 Å². The first-order chi connectivity index (χ1) is 18.8. The Kier molecular flexibility index (Phi) is 6.82. The van der Waals surface area contributed by atoms with Crippen molar-refractivity contribution in [2.75, 3.05) is 0 Å². The number of esters is 3. The zero-order valence-corrected chi connectivity index (χ0v) is 24.8. The molecule has 0 amide bonds. The van der Waals surface area contributed by atoms with Gasteiger partial charge in [0.2, 0.25) is 0 Å². The van der Waals surface area contributed by atoms with Gasteiger partial charge in [-0.3, -0.25) is 9.59 Å². The predicted molar refractivity (Wildman–Crippen MR) is 151 cm³/mol. The van der Waals surface area contributed by atoms with E-state index < -0.39 is 40.1 Å². The summed E-state index contributed by atoms with van der Waals surface area (Å²) in [5.41, 5.74) is -3.39. The molecule has 6 heteroatoms. The molecule has 8 aliphatic carbocycles. The van der Waals surface area contributed by atoms with Crippen molar-refractivity contribution in [3.63, 3.8) is 0 Å². The third-order valence-corrected chi connectivity index (χ3v) is 11.1. The number of ether oxygens (including phenoxy) is 3. The second kappa shape index (κ2) is 9.73. The lowest BCUT2D eigenvalue weighted by Gasteiger charge is -2.57. The van der Waals surface area contributed by atoms with E-state index in [1.165, 1.54) is 38.5 Å². The predicted octanol–water partition coefficient (Wildman–Crippen LogP) is 6.86. The molecule has 0 aromatic rings. The zero-order valence-electron chi connectivity index (χ0n) is 24.8. The molecule has 8 aliphatic rings. The molecule has 8 rings (SSSR count). The fraction of sp³-hybridized carbons (Fsp3) is 0.794. The Morgan fingerprint density at radius 1 is 0.725 bits per heavy atom. The molecular formula is C34H48O6. The van der Waals surface area contributed by atoms with Gasteiger partial charge in [-0.1, -0.05) is 12.7 Å². The maximum atomic E-state index is 14.4. The number of carbonyl (C=O) groups is 3. The average Bonchev–Trinajstić information content (AvgIpc) is 2.80. The molecule has 0 atom stereocenters. The highest BCUT2D eigenvalue weighted by molar-refractivity contribution is 6.02. The fourth-order valence-corrected chi connectivity index (χ4v) is 10.4. The average molecular weight is 553 g/mol. The van der Waals surface area contributed by atoms with Crippen LogP contribution in [0.25, 0.3) is 0 Å². The highest BCUT2D eigenvalue weighted by Crippen LogP contribution is 2.59. The molecule has 6 nitrogen and oxygen atoms in total. The van der Waals surface area contributed by atoms with Crippen LogP contribution in [0.3, 0.4) is 0 Å². The summed E-state index contributed by atoms with van der Waals surface area (Å²) in [6, 6.07) is 0. The number of hydrogen-bond donors (Lipinski definition) is 0. The van der Waals surface area contributed by atoms with Gasteiger partial charge < -0.3 is 14.2 Å². The molecule has 0 saturated heterocycles. The van der Waals surface area contributed by atoms with Gasteiger partial charge in [-0.2, -0.15) is 0 Å². The van der Waals surface area contributed by atoms with Gasteiger partial charge in [0.1, 0.15) is 16.8 Å². The monoisotopic (exact) mass is 552 g/mol. The molecule has 0 spiro atoms. The molecule has 0 aromatic carbocycles. The Morgan fingerprint density at radius 2 is 1.07 bits per heavy atom. The molecule has 8 saturated carbocycles. The normalized spacial score (nSPS) is 40.3. The summed E-state index contributed by atoms with van der Waals surface area (Å²) in [5, 5.41) is 0. The number of carbonyl (C=O) groups excluding carboxylic acids is 3. The van der Waals surface area contributed by atoms with E-state index in [9.17, 15) is 14.4 Å². The molecule has 8 bridgehead atoms. The smallest absolute Gasteiger partial charge is 0.333 e. The van der Waals surface area contributed by atoms with Gasteiger partial charge in [0.15, 0.2) is 5.41 Å². The summed E-state index contributed by atoms with van der Waals surface area (Å²) in [6.45, 7) is 13.3. The quantitative estimate of drug-likeness (QED) is 0.102. The second-order valence-corrected chi connectivity index (χ2v) is 15.8. The van der Waals surface area contributed by atoms with E-state index in [1.807, 2.05) is 0 Å². The van der Waals surface area contributed by atoms with Crippen molar-refractivity contribution in [2.45, 2.75) is 127 Å². The second-order valence-electron chi connectivity index (χ2n) is 15.8. The van der Waals surface area contributed by atoms with Crippen molar-refractivity contribution >= 4 is 17.9 Å². The molecule has 0 N–H and O–H groups in total. The van der Waals surface area contributed by atoms with Crippen molar-refractivity contribution in [1.29, 1.82) is 0 Å². The third-order valence-electron chi connectivity index (χ3n) is 11.1. The van der Waals surface area contributed by atoms with Crippen LogP contribution >= 0.6 is 0 Å². The Hall–Kier alpha value is -2.11. The summed E-state index contributed by atoms with van der Waals surface area (Å²) < 4.78 is 18.6. The highest BCUT2D eigenvalue weighted by Gasteiger charge is 2.60. The lowest BCUT2D eigenvalue weighted by Crippen LogP contribution is -2.57. The van der Waals surface area contributed by atoms with Crippen LogP contribution in [0.4, 0.5) is 0 Å². The molecule has 220 valence electrons. The van der Waals surface area contributed by atoms with Crippen molar-refractivity contribution in [3.8, 4) is 0 Å². The Labute approximate surface area is 239 Å². The van der Waals surface area contributed by atoms with Gasteiger partial charge in [0, 0.05) is 12.0 Å². The Balaban J connectivity index is 1.29. The Morgan fingerprint density at radius 3 is 1.38 bits per heavy atom. The van der Waals surface area contributed by atoms with Gasteiger partial charge in [0.25, 0.3) is 0 Å². The van der Waals surface area contributed by atoms with Crippen LogP contribution in [0.15, 0.2) is 24.8 Å². The minimum atomic E-state index is -1.71. The third kappa shape index (κ3) is 5.17. The Bertz CT molecular complexity index is 964. The molecule has 0 radical (unpaired) electrons. The van der Waals surface area contributed by atoms with Crippen LogP contribution in [0.5, 0.6) is 0 Å². The summed E-state index contributed by atoms with van der Waals surface area (Å²) >= 11 is 0. The first-order valence-electron chi connectivity index (χ1n) is 15.8. The van der Waals surface area contributed by atoms with Crippen molar-refractivity contribution in [2.24, 2.45) is 40.9 Å². The summed E-state index contributed by atoms with van der Waals surface area (Å²) in [5.74, 6) is 1.76. The van der Waals surface area contributed by atoms with E-state index in [0.717, 1.165) is 38.5 Å². The van der Waals surface area contributed by atoms with Gasteiger partial charge in [-0.25, -0.2) is 4.79 Å². The van der Waals surface area contributed by atoms with Crippen molar-refractivity contribution in [1.82, 2.24) is 0 Å². The van der Waals surface area contributed by atoms with Crippen LogP contribution in [0, 0.1) is 40.9 Å². The largest absolute Gasteiger partial charge is 0.458 e. The lowest BCUT2D eigenvalue weighted by atomic mass is 9.54. The van der Waals surface area contributed by atoms with Crippen LogP contribution in [-0.2, 0) is 28.6 Å². The summed E-state index contributed by atoms with van der Waals surface area (Å²) in [7, 11) is 0. The zero-order chi connectivity index (χ0) is 28.5. The van der Waals surface area contributed by atoms with Gasteiger partial charge in [-0.15, -0.1) is 6.58 Å². The van der Waals surface area contributed by atoms with Crippen LogP contribution in [-0.4, -0.2) is 34.7 Å². The molecular weight excluding hydrogens is 504 g/mol. The van der Waals surface area contributed by atoms with E-state index in [4.69, 9.17) is 14.2 Å². The topological polar surface area (TPSA) is 78.9 Å². The van der Waals surface area contributed by atoms with Gasteiger partial charge in [-0.05, 0) is 140 Å². The fourth-order valence-electron chi connectivity index (χ4n) is 10.4.